The second kappa shape index (κ2) is 8.40. The molecule has 2 N–H and O–H groups in total. The first-order valence-electron chi connectivity index (χ1n) is 8.80. The standard InChI is InChI=1S/C18H24FN3O3/c19-13-3-4-14-15(12-17(23)21-16(14)11-13)18(24)20-5-1-2-6-22-7-9-25-10-8-22/h3-4,11,15H,1-2,5-10,12H2,(H,20,24)(H,21,23). The number of nitrogens with one attached hydrogen (secondary N) is 2. The second-order valence-corrected chi connectivity index (χ2v) is 6.49. The summed E-state index contributed by atoms with van der Waals surface area (Å²) in [5.74, 6) is -1.41. The summed E-state index contributed by atoms with van der Waals surface area (Å²) in [5, 5.41) is 5.53. The number of carbonyl (C=O) groups excluding carboxylic acids is 2. The van der Waals surface area contributed by atoms with E-state index in [9.17, 15) is 14.0 Å². The number of benzene rings is 1. The van der Waals surface area contributed by atoms with Crippen molar-refractivity contribution in [3.63, 3.8) is 0 Å². The van der Waals surface area contributed by atoms with Gasteiger partial charge in [-0.15, -0.1) is 0 Å². The first-order valence-corrected chi connectivity index (χ1v) is 8.80. The molecule has 2 aliphatic heterocycles. The van der Waals surface area contributed by atoms with Crippen molar-refractivity contribution < 1.29 is 18.7 Å². The van der Waals surface area contributed by atoms with Crippen molar-refractivity contribution in [2.45, 2.75) is 25.2 Å². The van der Waals surface area contributed by atoms with E-state index in [1.54, 1.807) is 6.07 Å². The summed E-state index contributed by atoms with van der Waals surface area (Å²) in [7, 11) is 0. The Bertz CT molecular complexity index is 632. The summed E-state index contributed by atoms with van der Waals surface area (Å²) in [6.45, 7) is 5.11. The normalized spacial score (nSPS) is 20.7. The number of amides is 2. The Morgan fingerprint density at radius 1 is 1.32 bits per heavy atom. The smallest absolute Gasteiger partial charge is 0.228 e. The van der Waals surface area contributed by atoms with Gasteiger partial charge in [0, 0.05) is 31.7 Å². The number of rotatable bonds is 6. The molecule has 2 aliphatic rings. The van der Waals surface area contributed by atoms with E-state index >= 15 is 0 Å². The molecule has 0 bridgehead atoms. The van der Waals surface area contributed by atoms with Crippen LogP contribution in [0.15, 0.2) is 18.2 Å². The van der Waals surface area contributed by atoms with Crippen LogP contribution in [0.2, 0.25) is 0 Å². The van der Waals surface area contributed by atoms with Gasteiger partial charge in [0.2, 0.25) is 11.8 Å². The third kappa shape index (κ3) is 4.76. The summed E-state index contributed by atoms with van der Waals surface area (Å²) in [4.78, 5) is 26.6. The number of hydrogen-bond acceptors (Lipinski definition) is 4. The van der Waals surface area contributed by atoms with Crippen LogP contribution in [0, 0.1) is 5.82 Å². The zero-order valence-corrected chi connectivity index (χ0v) is 14.2. The molecule has 3 rings (SSSR count). The van der Waals surface area contributed by atoms with Gasteiger partial charge in [-0.25, -0.2) is 4.39 Å². The minimum Gasteiger partial charge on any atom is -0.379 e. The van der Waals surface area contributed by atoms with Gasteiger partial charge in [0.1, 0.15) is 5.82 Å². The van der Waals surface area contributed by atoms with Gasteiger partial charge in [-0.2, -0.15) is 0 Å². The van der Waals surface area contributed by atoms with Crippen LogP contribution < -0.4 is 10.6 Å². The van der Waals surface area contributed by atoms with Gasteiger partial charge in [0.05, 0.1) is 19.1 Å². The van der Waals surface area contributed by atoms with Crippen LogP contribution in [-0.4, -0.2) is 56.1 Å². The van der Waals surface area contributed by atoms with Crippen LogP contribution in [0.4, 0.5) is 10.1 Å². The van der Waals surface area contributed by atoms with Crippen molar-refractivity contribution in [1.29, 1.82) is 0 Å². The quantitative estimate of drug-likeness (QED) is 0.763. The highest BCUT2D eigenvalue weighted by molar-refractivity contribution is 6.01. The van der Waals surface area contributed by atoms with Gasteiger partial charge in [0.15, 0.2) is 0 Å². The van der Waals surface area contributed by atoms with E-state index in [4.69, 9.17) is 4.74 Å². The van der Waals surface area contributed by atoms with Crippen LogP contribution in [0.25, 0.3) is 0 Å². The van der Waals surface area contributed by atoms with Crippen molar-refractivity contribution in [2.75, 3.05) is 44.7 Å². The predicted octanol–water partition coefficient (Wildman–Crippen LogP) is 1.48. The van der Waals surface area contributed by atoms with Crippen LogP contribution in [0.5, 0.6) is 0 Å². The van der Waals surface area contributed by atoms with Crippen molar-refractivity contribution in [3.8, 4) is 0 Å². The average molecular weight is 349 g/mol. The summed E-state index contributed by atoms with van der Waals surface area (Å²) in [5.41, 5.74) is 1.07. The molecule has 1 fully saturated rings. The molecule has 136 valence electrons. The number of ether oxygens (including phenoxy) is 1. The molecule has 6 nitrogen and oxygen atoms in total. The van der Waals surface area contributed by atoms with Crippen molar-refractivity contribution in [2.24, 2.45) is 0 Å². The monoisotopic (exact) mass is 349 g/mol. The van der Waals surface area contributed by atoms with E-state index in [1.807, 2.05) is 0 Å². The molecule has 1 atom stereocenters. The Morgan fingerprint density at radius 2 is 2.12 bits per heavy atom. The molecule has 2 amide bonds. The molecule has 0 radical (unpaired) electrons. The van der Waals surface area contributed by atoms with E-state index in [1.165, 1.54) is 12.1 Å². The van der Waals surface area contributed by atoms with Gasteiger partial charge >= 0.3 is 0 Å². The fourth-order valence-electron chi connectivity index (χ4n) is 3.29. The Hall–Kier alpha value is -1.99. The molecule has 1 unspecified atom stereocenters. The highest BCUT2D eigenvalue weighted by atomic mass is 19.1. The lowest BCUT2D eigenvalue weighted by Crippen LogP contribution is -2.37. The van der Waals surface area contributed by atoms with Crippen LogP contribution >= 0.6 is 0 Å². The van der Waals surface area contributed by atoms with Crippen molar-refractivity contribution in [1.82, 2.24) is 10.2 Å². The van der Waals surface area contributed by atoms with Gasteiger partial charge in [-0.1, -0.05) is 6.07 Å². The third-order valence-corrected chi connectivity index (χ3v) is 4.67. The Balaban J connectivity index is 1.46. The molecular formula is C18H24FN3O3. The fraction of sp³-hybridized carbons (Fsp3) is 0.556. The molecule has 0 spiro atoms. The first-order chi connectivity index (χ1) is 12.1. The molecule has 1 saturated heterocycles. The molecule has 0 aromatic heterocycles. The van der Waals surface area contributed by atoms with E-state index in [2.05, 4.69) is 15.5 Å². The largest absolute Gasteiger partial charge is 0.379 e. The zero-order valence-electron chi connectivity index (χ0n) is 14.2. The predicted molar refractivity (Wildman–Crippen MR) is 91.9 cm³/mol. The van der Waals surface area contributed by atoms with Gasteiger partial charge in [0.25, 0.3) is 0 Å². The molecule has 7 heteroatoms. The SMILES string of the molecule is O=C1CC(C(=O)NCCCCN2CCOCC2)c2ccc(F)cc2N1. The summed E-state index contributed by atoms with van der Waals surface area (Å²) >= 11 is 0. The maximum absolute atomic E-state index is 13.3. The lowest BCUT2D eigenvalue weighted by atomic mass is 9.89. The molecule has 2 heterocycles. The number of halogens is 1. The van der Waals surface area contributed by atoms with Crippen LogP contribution in [0.3, 0.4) is 0 Å². The molecule has 0 aliphatic carbocycles. The average Bonchev–Trinajstić information content (AvgIpc) is 2.61. The summed E-state index contributed by atoms with van der Waals surface area (Å²) < 4.78 is 18.6. The van der Waals surface area contributed by atoms with Crippen molar-refractivity contribution in [3.05, 3.63) is 29.6 Å². The van der Waals surface area contributed by atoms with Crippen LogP contribution in [0.1, 0.15) is 30.7 Å². The zero-order chi connectivity index (χ0) is 17.6. The molecular weight excluding hydrogens is 325 g/mol. The van der Waals surface area contributed by atoms with Gasteiger partial charge in [-0.3, -0.25) is 14.5 Å². The maximum Gasteiger partial charge on any atom is 0.228 e. The Kier molecular flexibility index (Phi) is 5.99. The topological polar surface area (TPSA) is 70.7 Å². The number of anilines is 1. The van der Waals surface area contributed by atoms with E-state index in [0.717, 1.165) is 45.7 Å². The number of fused-ring (bicyclic) bond motifs is 1. The minimum absolute atomic E-state index is 0.0955. The second-order valence-electron chi connectivity index (χ2n) is 6.49. The van der Waals surface area contributed by atoms with Gasteiger partial charge < -0.3 is 15.4 Å². The number of morpholine rings is 1. The molecule has 1 aromatic rings. The Morgan fingerprint density at radius 3 is 2.92 bits per heavy atom. The summed E-state index contributed by atoms with van der Waals surface area (Å²) in [6, 6.07) is 4.15. The fourth-order valence-corrected chi connectivity index (χ4v) is 3.29. The number of hydrogen-bond donors (Lipinski definition) is 2. The number of unbranched alkanes of at least 4 members (excludes halogenated alkanes) is 1. The van der Waals surface area contributed by atoms with Crippen molar-refractivity contribution >= 4 is 17.5 Å². The highest BCUT2D eigenvalue weighted by Crippen LogP contribution is 2.32. The highest BCUT2D eigenvalue weighted by Gasteiger charge is 2.30. The summed E-state index contributed by atoms with van der Waals surface area (Å²) in [6.07, 6.45) is 1.99. The van der Waals surface area contributed by atoms with E-state index in [-0.39, 0.29) is 18.2 Å². The van der Waals surface area contributed by atoms with Gasteiger partial charge in [-0.05, 0) is 37.1 Å². The lowest BCUT2D eigenvalue weighted by molar-refractivity contribution is -0.126. The van der Waals surface area contributed by atoms with E-state index < -0.39 is 11.7 Å². The lowest BCUT2D eigenvalue weighted by Gasteiger charge is -2.26. The molecule has 1 aromatic carbocycles. The maximum atomic E-state index is 13.3. The first kappa shape index (κ1) is 17.8. The third-order valence-electron chi connectivity index (χ3n) is 4.67. The number of nitrogens with zero attached hydrogens (tertiary/aromatic N) is 1. The van der Waals surface area contributed by atoms with E-state index in [0.29, 0.717) is 17.8 Å². The minimum atomic E-state index is -0.552. The Labute approximate surface area is 146 Å². The molecule has 0 saturated carbocycles. The number of carbonyl (C=O) groups is 2. The molecule has 25 heavy (non-hydrogen) atoms. The van der Waals surface area contributed by atoms with Crippen LogP contribution in [-0.2, 0) is 14.3 Å².